The van der Waals surface area contributed by atoms with Crippen LogP contribution in [0.3, 0.4) is 0 Å². The van der Waals surface area contributed by atoms with Crippen molar-refractivity contribution in [3.05, 3.63) is 139 Å². The van der Waals surface area contributed by atoms with Crippen molar-refractivity contribution in [3.8, 4) is 11.5 Å². The van der Waals surface area contributed by atoms with Gasteiger partial charge in [0.25, 0.3) is 5.91 Å². The fourth-order valence-corrected chi connectivity index (χ4v) is 6.23. The Morgan fingerprint density at radius 3 is 2.28 bits per heavy atom. The number of amides is 1. The third kappa shape index (κ3) is 6.96. The standard InChI is InChI=1S/C32H24I2N2O3/c33-28-17-23(18-29(34)31(28)39-21-25-13-8-12-24-11-4-5-14-26(24)25)19-35-36-32(37)27-15-6-7-16-30(27)38-20-22-9-2-1-3-10-22/h1-19H,20-21H2,(H,36,37)/b35-19-. The van der Waals surface area contributed by atoms with E-state index in [1.807, 2.05) is 60.7 Å². The Labute approximate surface area is 254 Å². The number of rotatable bonds is 9. The monoisotopic (exact) mass is 738 g/mol. The van der Waals surface area contributed by atoms with Gasteiger partial charge in [0.05, 0.1) is 18.9 Å². The molecule has 0 saturated carbocycles. The minimum atomic E-state index is -0.339. The number of para-hydroxylation sites is 1. The minimum absolute atomic E-state index is 0.339. The summed E-state index contributed by atoms with van der Waals surface area (Å²) in [4.78, 5) is 12.8. The van der Waals surface area contributed by atoms with Crippen LogP contribution in [-0.2, 0) is 13.2 Å². The summed E-state index contributed by atoms with van der Waals surface area (Å²) in [6.45, 7) is 0.850. The normalized spacial score (nSPS) is 11.0. The minimum Gasteiger partial charge on any atom is -0.488 e. The van der Waals surface area contributed by atoms with Crippen LogP contribution in [0.4, 0.5) is 0 Å². The van der Waals surface area contributed by atoms with Gasteiger partial charge in [-0.2, -0.15) is 5.10 Å². The maximum absolute atomic E-state index is 12.8. The Morgan fingerprint density at radius 2 is 1.46 bits per heavy atom. The number of carbonyl (C=O) groups excluding carboxylic acids is 1. The molecule has 0 aromatic heterocycles. The maximum Gasteiger partial charge on any atom is 0.275 e. The van der Waals surface area contributed by atoms with Gasteiger partial charge in [-0.1, -0.05) is 84.9 Å². The molecule has 5 nitrogen and oxygen atoms in total. The molecule has 7 heteroatoms. The molecule has 1 N–H and O–H groups in total. The van der Waals surface area contributed by atoms with Gasteiger partial charge in [-0.15, -0.1) is 0 Å². The van der Waals surface area contributed by atoms with E-state index in [1.54, 1.807) is 24.4 Å². The topological polar surface area (TPSA) is 59.9 Å². The average molecular weight is 738 g/mol. The van der Waals surface area contributed by atoms with Crippen molar-refractivity contribution >= 4 is 68.1 Å². The lowest BCUT2D eigenvalue weighted by Gasteiger charge is -2.13. The summed E-state index contributed by atoms with van der Waals surface area (Å²) in [5.41, 5.74) is 6.06. The Kier molecular flexibility index (Phi) is 9.10. The number of carbonyl (C=O) groups is 1. The van der Waals surface area contributed by atoms with Crippen LogP contribution < -0.4 is 14.9 Å². The van der Waals surface area contributed by atoms with Gasteiger partial charge in [0.1, 0.15) is 24.7 Å². The molecule has 0 aliphatic heterocycles. The van der Waals surface area contributed by atoms with Gasteiger partial charge in [0.2, 0.25) is 0 Å². The fraction of sp³-hybridized carbons (Fsp3) is 0.0625. The Balaban J connectivity index is 1.23. The Morgan fingerprint density at radius 1 is 0.769 bits per heavy atom. The number of ether oxygens (including phenoxy) is 2. The lowest BCUT2D eigenvalue weighted by atomic mass is 10.1. The lowest BCUT2D eigenvalue weighted by Crippen LogP contribution is -2.18. The van der Waals surface area contributed by atoms with Crippen molar-refractivity contribution in [1.29, 1.82) is 0 Å². The molecule has 194 valence electrons. The van der Waals surface area contributed by atoms with E-state index < -0.39 is 0 Å². The largest absolute Gasteiger partial charge is 0.488 e. The van der Waals surface area contributed by atoms with Crippen LogP contribution in [0.5, 0.6) is 11.5 Å². The smallest absolute Gasteiger partial charge is 0.275 e. The number of fused-ring (bicyclic) bond motifs is 1. The van der Waals surface area contributed by atoms with Gasteiger partial charge in [0.15, 0.2) is 0 Å². The fourth-order valence-electron chi connectivity index (χ4n) is 4.10. The summed E-state index contributed by atoms with van der Waals surface area (Å²) in [6, 6.07) is 35.5. The van der Waals surface area contributed by atoms with Crippen LogP contribution in [0.25, 0.3) is 10.8 Å². The number of benzene rings is 5. The number of nitrogens with zero attached hydrogens (tertiary/aromatic N) is 1. The highest BCUT2D eigenvalue weighted by atomic mass is 127. The highest BCUT2D eigenvalue weighted by molar-refractivity contribution is 14.1. The van der Waals surface area contributed by atoms with E-state index in [9.17, 15) is 4.79 Å². The van der Waals surface area contributed by atoms with Crippen LogP contribution in [0, 0.1) is 7.14 Å². The second-order valence-electron chi connectivity index (χ2n) is 8.71. The average Bonchev–Trinajstić information content (AvgIpc) is 2.96. The molecule has 0 aliphatic carbocycles. The first-order chi connectivity index (χ1) is 19.1. The molecule has 0 atom stereocenters. The van der Waals surface area contributed by atoms with Gasteiger partial charge in [0, 0.05) is 0 Å². The highest BCUT2D eigenvalue weighted by Crippen LogP contribution is 2.30. The second-order valence-corrected chi connectivity index (χ2v) is 11.0. The molecular formula is C32H24I2N2O3. The zero-order chi connectivity index (χ0) is 27.0. The van der Waals surface area contributed by atoms with E-state index in [4.69, 9.17) is 9.47 Å². The van der Waals surface area contributed by atoms with Crippen LogP contribution >= 0.6 is 45.2 Å². The van der Waals surface area contributed by atoms with E-state index in [-0.39, 0.29) is 5.91 Å². The van der Waals surface area contributed by atoms with Crippen molar-refractivity contribution in [2.45, 2.75) is 13.2 Å². The summed E-state index contributed by atoms with van der Waals surface area (Å²) in [5.74, 6) is 0.995. The first-order valence-corrected chi connectivity index (χ1v) is 14.4. The van der Waals surface area contributed by atoms with Crippen molar-refractivity contribution < 1.29 is 14.3 Å². The molecule has 0 bridgehead atoms. The molecule has 5 aromatic rings. The SMILES string of the molecule is O=C(N/N=C\c1cc(I)c(OCc2cccc3ccccc23)c(I)c1)c1ccccc1OCc1ccccc1. The first kappa shape index (κ1) is 27.1. The van der Waals surface area contributed by atoms with Gasteiger partial charge in [-0.25, -0.2) is 5.43 Å². The van der Waals surface area contributed by atoms with Crippen molar-refractivity contribution in [1.82, 2.24) is 5.43 Å². The van der Waals surface area contributed by atoms with Gasteiger partial charge in [-0.05, 0) is 96.9 Å². The van der Waals surface area contributed by atoms with Crippen LogP contribution in [-0.4, -0.2) is 12.1 Å². The molecule has 5 rings (SSSR count). The van der Waals surface area contributed by atoms with Crippen LogP contribution in [0.15, 0.2) is 114 Å². The summed E-state index contributed by atoms with van der Waals surface area (Å²) in [6.07, 6.45) is 1.63. The molecule has 0 spiro atoms. The quantitative estimate of drug-likeness (QED) is 0.0949. The number of hydrogen-bond acceptors (Lipinski definition) is 4. The number of halogens is 2. The molecule has 1 amide bonds. The van der Waals surface area contributed by atoms with Crippen LogP contribution in [0.2, 0.25) is 0 Å². The molecule has 0 heterocycles. The molecule has 39 heavy (non-hydrogen) atoms. The molecule has 0 saturated heterocycles. The van der Waals surface area contributed by atoms with Gasteiger partial charge < -0.3 is 9.47 Å². The molecule has 0 aliphatic rings. The summed E-state index contributed by atoms with van der Waals surface area (Å²) in [7, 11) is 0. The second kappa shape index (κ2) is 13.1. The van der Waals surface area contributed by atoms with Gasteiger partial charge in [-0.3, -0.25) is 4.79 Å². The Hall–Kier alpha value is -3.44. The van der Waals surface area contributed by atoms with Crippen molar-refractivity contribution in [2.24, 2.45) is 5.10 Å². The summed E-state index contributed by atoms with van der Waals surface area (Å²) >= 11 is 4.54. The number of hydrogen-bond donors (Lipinski definition) is 1. The van der Waals surface area contributed by atoms with E-state index >= 15 is 0 Å². The highest BCUT2D eigenvalue weighted by Gasteiger charge is 2.13. The maximum atomic E-state index is 12.8. The third-order valence-corrected chi connectivity index (χ3v) is 7.62. The van der Waals surface area contributed by atoms with E-state index in [1.165, 1.54) is 10.8 Å². The zero-order valence-electron chi connectivity index (χ0n) is 20.8. The van der Waals surface area contributed by atoms with E-state index in [0.29, 0.717) is 24.5 Å². The molecular weight excluding hydrogens is 714 g/mol. The predicted molar refractivity (Wildman–Crippen MR) is 172 cm³/mol. The van der Waals surface area contributed by atoms with Crippen molar-refractivity contribution in [2.75, 3.05) is 0 Å². The number of nitrogens with one attached hydrogen (secondary N) is 1. The van der Waals surface area contributed by atoms with E-state index in [2.05, 4.69) is 86.0 Å². The molecule has 0 fully saturated rings. The van der Waals surface area contributed by atoms with E-state index in [0.717, 1.165) is 29.6 Å². The summed E-state index contributed by atoms with van der Waals surface area (Å²) in [5, 5.41) is 6.58. The number of hydrazone groups is 1. The lowest BCUT2D eigenvalue weighted by molar-refractivity contribution is 0.0950. The summed E-state index contributed by atoms with van der Waals surface area (Å²) < 4.78 is 14.1. The zero-order valence-corrected chi connectivity index (χ0v) is 25.1. The Bertz CT molecular complexity index is 1610. The van der Waals surface area contributed by atoms with Crippen molar-refractivity contribution in [3.63, 3.8) is 0 Å². The third-order valence-electron chi connectivity index (χ3n) is 6.02. The molecule has 5 aromatic carbocycles. The molecule has 0 radical (unpaired) electrons. The van der Waals surface area contributed by atoms with Gasteiger partial charge >= 0.3 is 0 Å². The van der Waals surface area contributed by atoms with Crippen LogP contribution in [0.1, 0.15) is 27.0 Å². The predicted octanol–water partition coefficient (Wildman–Crippen LogP) is 7.97. The molecule has 0 unspecified atom stereocenters. The first-order valence-electron chi connectivity index (χ1n) is 12.3.